The first-order chi connectivity index (χ1) is 19.2. The van der Waals surface area contributed by atoms with Crippen molar-refractivity contribution < 1.29 is 18.1 Å². The van der Waals surface area contributed by atoms with Gasteiger partial charge in [-0.25, -0.2) is 13.4 Å². The summed E-state index contributed by atoms with van der Waals surface area (Å²) in [7, 11) is -3.82. The number of carbonyl (C=O) groups is 1. The lowest BCUT2D eigenvalue weighted by Gasteiger charge is -2.34. The Kier molecular flexibility index (Phi) is 8.17. The number of thiazole rings is 1. The van der Waals surface area contributed by atoms with Gasteiger partial charge in [-0.2, -0.15) is 0 Å². The highest BCUT2D eigenvalue weighted by Crippen LogP contribution is 2.31. The maximum Gasteiger partial charge on any atom is 0.270 e. The van der Waals surface area contributed by atoms with Gasteiger partial charge >= 0.3 is 0 Å². The summed E-state index contributed by atoms with van der Waals surface area (Å²) in [6.07, 6.45) is 0. The lowest BCUT2D eigenvalue weighted by atomic mass is 10.2. The van der Waals surface area contributed by atoms with Gasteiger partial charge in [-0.05, 0) is 48.5 Å². The molecule has 5 rings (SSSR count). The lowest BCUT2D eigenvalue weighted by molar-refractivity contribution is -0.384. The monoisotopic (exact) mass is 600 g/mol. The number of anilines is 2. The second-order valence-electron chi connectivity index (χ2n) is 9.13. The van der Waals surface area contributed by atoms with Crippen molar-refractivity contribution in [2.75, 3.05) is 48.9 Å². The van der Waals surface area contributed by atoms with Crippen molar-refractivity contribution in [1.82, 2.24) is 15.2 Å². The number of hydrogen-bond donors (Lipinski definition) is 2. The molecule has 0 bridgehead atoms. The van der Waals surface area contributed by atoms with E-state index >= 15 is 0 Å². The number of non-ortho nitro benzene ring substituents is 1. The van der Waals surface area contributed by atoms with E-state index in [1.807, 2.05) is 0 Å². The number of amides is 1. The predicted octanol–water partition coefficient (Wildman–Crippen LogP) is 4.21. The van der Waals surface area contributed by atoms with Gasteiger partial charge in [0.1, 0.15) is 0 Å². The Balaban J connectivity index is 1.10. The molecule has 0 unspecified atom stereocenters. The van der Waals surface area contributed by atoms with Crippen molar-refractivity contribution in [2.45, 2.75) is 4.90 Å². The zero-order chi connectivity index (χ0) is 28.3. The first kappa shape index (κ1) is 27.8. The first-order valence-electron chi connectivity index (χ1n) is 12.4. The van der Waals surface area contributed by atoms with Gasteiger partial charge in [-0.3, -0.25) is 24.5 Å². The number of aromatic nitrogens is 1. The molecule has 40 heavy (non-hydrogen) atoms. The van der Waals surface area contributed by atoms with Crippen LogP contribution in [-0.2, 0) is 10.0 Å². The van der Waals surface area contributed by atoms with Crippen molar-refractivity contribution in [3.8, 4) is 0 Å². The second kappa shape index (κ2) is 11.8. The predicted molar refractivity (Wildman–Crippen MR) is 156 cm³/mol. The van der Waals surface area contributed by atoms with Crippen LogP contribution in [0.2, 0.25) is 5.02 Å². The fourth-order valence-electron chi connectivity index (χ4n) is 4.29. The molecule has 0 atom stereocenters. The average molecular weight is 601 g/mol. The Morgan fingerprint density at radius 1 is 1.05 bits per heavy atom. The van der Waals surface area contributed by atoms with E-state index in [2.05, 4.69) is 24.8 Å². The van der Waals surface area contributed by atoms with E-state index in [1.165, 1.54) is 47.7 Å². The van der Waals surface area contributed by atoms with Gasteiger partial charge in [0.15, 0.2) is 5.13 Å². The number of rotatable bonds is 9. The minimum Gasteiger partial charge on any atom is -0.351 e. The minimum absolute atomic E-state index is 0.0560. The highest BCUT2D eigenvalue weighted by Gasteiger charge is 2.21. The summed E-state index contributed by atoms with van der Waals surface area (Å²) in [6, 6.07) is 16.8. The van der Waals surface area contributed by atoms with Crippen molar-refractivity contribution in [3.63, 3.8) is 0 Å². The summed E-state index contributed by atoms with van der Waals surface area (Å²) >= 11 is 7.29. The number of halogens is 1. The first-order valence-corrected chi connectivity index (χ1v) is 15.0. The molecule has 2 N–H and O–H groups in total. The molecule has 208 valence electrons. The highest BCUT2D eigenvalue weighted by molar-refractivity contribution is 7.92. The third kappa shape index (κ3) is 6.50. The Bertz CT molecular complexity index is 1650. The Morgan fingerprint density at radius 2 is 1.80 bits per heavy atom. The zero-order valence-electron chi connectivity index (χ0n) is 21.1. The van der Waals surface area contributed by atoms with Crippen molar-refractivity contribution in [2.24, 2.45) is 0 Å². The number of nitrogens with one attached hydrogen (secondary N) is 2. The van der Waals surface area contributed by atoms with Gasteiger partial charge in [0.2, 0.25) is 0 Å². The second-order valence-corrected chi connectivity index (χ2v) is 12.3. The smallest absolute Gasteiger partial charge is 0.270 e. The zero-order valence-corrected chi connectivity index (χ0v) is 23.5. The van der Waals surface area contributed by atoms with E-state index < -0.39 is 14.9 Å². The fourth-order valence-corrected chi connectivity index (χ4v) is 6.52. The molecule has 3 aromatic carbocycles. The maximum atomic E-state index is 12.7. The van der Waals surface area contributed by atoms with E-state index in [0.29, 0.717) is 23.7 Å². The summed E-state index contributed by atoms with van der Waals surface area (Å²) in [5, 5.41) is 15.2. The standard InChI is InChI=1S/C26H25ClN6O5S2/c27-19-4-7-22(8-5-19)40(37,38)30-20-3-1-2-18(16-20)25(34)28-10-11-31-12-14-32(15-13-31)26-29-23-9-6-21(33(35)36)17-24(23)39-26/h1-9,16-17,30H,10-15H2,(H,28,34). The van der Waals surface area contributed by atoms with Crippen LogP contribution in [0.5, 0.6) is 0 Å². The van der Waals surface area contributed by atoms with E-state index in [9.17, 15) is 23.3 Å². The van der Waals surface area contributed by atoms with E-state index in [4.69, 9.17) is 11.6 Å². The van der Waals surface area contributed by atoms with Gasteiger partial charge in [0, 0.05) is 67.7 Å². The number of nitrogens with zero attached hydrogens (tertiary/aromatic N) is 4. The molecule has 1 amide bonds. The summed E-state index contributed by atoms with van der Waals surface area (Å²) in [4.78, 5) is 32.5. The minimum atomic E-state index is -3.82. The average Bonchev–Trinajstić information content (AvgIpc) is 3.37. The fraction of sp³-hybridized carbons (Fsp3) is 0.231. The van der Waals surface area contributed by atoms with Crippen LogP contribution < -0.4 is 14.9 Å². The lowest BCUT2D eigenvalue weighted by Crippen LogP contribution is -2.48. The van der Waals surface area contributed by atoms with Gasteiger partial charge < -0.3 is 10.2 Å². The summed E-state index contributed by atoms with van der Waals surface area (Å²) in [5.74, 6) is -0.297. The number of nitro groups is 1. The number of sulfonamides is 1. The van der Waals surface area contributed by atoms with E-state index in [0.717, 1.165) is 41.5 Å². The van der Waals surface area contributed by atoms with Crippen molar-refractivity contribution in [3.05, 3.63) is 87.4 Å². The number of nitro benzene ring substituents is 1. The quantitative estimate of drug-likeness (QED) is 0.215. The Hall–Kier alpha value is -3.78. The summed E-state index contributed by atoms with van der Waals surface area (Å²) in [6.45, 7) is 4.18. The number of carbonyl (C=O) groups excluding carboxylic acids is 1. The third-order valence-corrected chi connectivity index (χ3v) is 9.16. The molecule has 11 nitrogen and oxygen atoms in total. The molecule has 1 aromatic heterocycles. The molecule has 2 heterocycles. The number of benzene rings is 3. The molecule has 0 spiro atoms. The van der Waals surface area contributed by atoms with Crippen LogP contribution in [0.3, 0.4) is 0 Å². The van der Waals surface area contributed by atoms with Crippen LogP contribution in [0.4, 0.5) is 16.5 Å². The molecule has 4 aromatic rings. The molecule has 0 aliphatic carbocycles. The van der Waals surface area contributed by atoms with Crippen LogP contribution in [0.15, 0.2) is 71.6 Å². The maximum absolute atomic E-state index is 12.7. The highest BCUT2D eigenvalue weighted by atomic mass is 35.5. The topological polar surface area (TPSA) is 138 Å². The number of hydrogen-bond acceptors (Lipinski definition) is 9. The van der Waals surface area contributed by atoms with Gasteiger partial charge in [-0.1, -0.05) is 29.0 Å². The van der Waals surface area contributed by atoms with Crippen LogP contribution >= 0.6 is 22.9 Å². The van der Waals surface area contributed by atoms with E-state index in [-0.39, 0.29) is 22.2 Å². The summed E-state index contributed by atoms with van der Waals surface area (Å²) < 4.78 is 28.6. The molecule has 1 aliphatic rings. The molecular formula is C26H25ClN6O5S2. The Labute approximate surface area is 239 Å². The molecular weight excluding hydrogens is 576 g/mol. The van der Waals surface area contributed by atoms with Crippen molar-refractivity contribution in [1.29, 1.82) is 0 Å². The molecule has 1 fully saturated rings. The van der Waals surface area contributed by atoms with E-state index in [1.54, 1.807) is 30.3 Å². The molecule has 0 saturated carbocycles. The van der Waals surface area contributed by atoms with Crippen LogP contribution in [-0.4, -0.2) is 68.4 Å². The number of fused-ring (bicyclic) bond motifs is 1. The van der Waals surface area contributed by atoms with Gasteiger partial charge in [-0.15, -0.1) is 0 Å². The molecule has 0 radical (unpaired) electrons. The molecule has 1 aliphatic heterocycles. The molecule has 1 saturated heterocycles. The SMILES string of the molecule is O=C(NCCN1CCN(c2nc3ccc([N+](=O)[O-])cc3s2)CC1)c1cccc(NS(=O)(=O)c2ccc(Cl)cc2)c1. The van der Waals surface area contributed by atoms with Crippen molar-refractivity contribution >= 4 is 65.6 Å². The van der Waals surface area contributed by atoms with Crippen LogP contribution in [0, 0.1) is 10.1 Å². The number of piperazine rings is 1. The Morgan fingerprint density at radius 3 is 2.52 bits per heavy atom. The third-order valence-electron chi connectivity index (χ3n) is 6.43. The molecule has 14 heteroatoms. The van der Waals surface area contributed by atoms with Crippen LogP contribution in [0.1, 0.15) is 10.4 Å². The largest absolute Gasteiger partial charge is 0.351 e. The van der Waals surface area contributed by atoms with Gasteiger partial charge in [0.25, 0.3) is 21.6 Å². The summed E-state index contributed by atoms with van der Waals surface area (Å²) in [5.41, 5.74) is 1.43. The normalized spacial score (nSPS) is 14.3. The van der Waals surface area contributed by atoms with Gasteiger partial charge in [0.05, 0.1) is 20.0 Å². The van der Waals surface area contributed by atoms with Crippen LogP contribution in [0.25, 0.3) is 10.2 Å².